The van der Waals surface area contributed by atoms with E-state index in [0.29, 0.717) is 37.5 Å². The number of fused-ring (bicyclic) bond motifs is 1. The third kappa shape index (κ3) is 4.39. The number of ether oxygens (including phenoxy) is 1. The van der Waals surface area contributed by atoms with Crippen molar-refractivity contribution < 1.29 is 13.9 Å². The van der Waals surface area contributed by atoms with Gasteiger partial charge in [0.1, 0.15) is 5.82 Å². The highest BCUT2D eigenvalue weighted by Gasteiger charge is 2.45. The predicted molar refractivity (Wildman–Crippen MR) is 127 cm³/mol. The molecule has 0 aliphatic carbocycles. The second-order valence-electron chi connectivity index (χ2n) is 9.46. The van der Waals surface area contributed by atoms with Crippen molar-refractivity contribution in [3.63, 3.8) is 0 Å². The first-order valence-electron chi connectivity index (χ1n) is 12.1. The summed E-state index contributed by atoms with van der Waals surface area (Å²) in [7, 11) is 0. The van der Waals surface area contributed by atoms with Crippen LogP contribution in [-0.2, 0) is 21.4 Å². The van der Waals surface area contributed by atoms with Crippen molar-refractivity contribution in [2.24, 2.45) is 5.92 Å². The molecule has 33 heavy (non-hydrogen) atoms. The van der Waals surface area contributed by atoms with Crippen molar-refractivity contribution in [3.8, 4) is 0 Å². The summed E-state index contributed by atoms with van der Waals surface area (Å²) in [6, 6.07) is 17.2. The summed E-state index contributed by atoms with van der Waals surface area (Å²) in [5.74, 6) is 0.293. The molecule has 5 rings (SSSR count). The van der Waals surface area contributed by atoms with Crippen LogP contribution in [0.2, 0.25) is 0 Å². The van der Waals surface area contributed by atoms with E-state index in [9.17, 15) is 9.18 Å². The van der Waals surface area contributed by atoms with Crippen LogP contribution < -0.4 is 0 Å². The maximum atomic E-state index is 14.8. The van der Waals surface area contributed by atoms with E-state index in [0.717, 1.165) is 44.3 Å². The standard InChI is InChI=1S/C28H31FN2O2/c29-25-11-2-1-10-24(25)28(13-18-33-19-14-28)27(32)31-16-5-6-21(12-17-31)20-23-8-3-7-22-9-4-15-30-26(22)23/h1-4,7-11,15,21H,5-6,12-14,16-20H2/t21-/m0/s1. The third-order valence-corrected chi connectivity index (χ3v) is 7.50. The van der Waals surface area contributed by atoms with Gasteiger partial charge < -0.3 is 9.64 Å². The second kappa shape index (κ2) is 9.60. The van der Waals surface area contributed by atoms with Crippen LogP contribution in [0.1, 0.15) is 43.2 Å². The van der Waals surface area contributed by atoms with E-state index in [4.69, 9.17) is 4.74 Å². The molecule has 0 unspecified atom stereocenters. The predicted octanol–water partition coefficient (Wildman–Crippen LogP) is 5.29. The van der Waals surface area contributed by atoms with Gasteiger partial charge in [-0.1, -0.05) is 42.5 Å². The Morgan fingerprint density at radius 3 is 2.70 bits per heavy atom. The number of halogens is 1. The normalized spacial score (nSPS) is 21.0. The Morgan fingerprint density at radius 1 is 1.03 bits per heavy atom. The van der Waals surface area contributed by atoms with Crippen LogP contribution >= 0.6 is 0 Å². The Bertz CT molecular complexity index is 1120. The molecule has 1 aromatic heterocycles. The van der Waals surface area contributed by atoms with Gasteiger partial charge in [0.2, 0.25) is 5.91 Å². The van der Waals surface area contributed by atoms with E-state index < -0.39 is 5.41 Å². The number of hydrogen-bond donors (Lipinski definition) is 0. The molecule has 2 aliphatic heterocycles. The fourth-order valence-corrected chi connectivity index (χ4v) is 5.69. The van der Waals surface area contributed by atoms with Crippen molar-refractivity contribution >= 4 is 16.8 Å². The van der Waals surface area contributed by atoms with E-state index >= 15 is 0 Å². The minimum absolute atomic E-state index is 0.0726. The van der Waals surface area contributed by atoms with Gasteiger partial charge in [0.25, 0.3) is 0 Å². The zero-order valence-corrected chi connectivity index (χ0v) is 19.0. The Morgan fingerprint density at radius 2 is 1.85 bits per heavy atom. The number of hydrogen-bond acceptors (Lipinski definition) is 3. The molecule has 5 heteroatoms. The summed E-state index contributed by atoms with van der Waals surface area (Å²) in [5.41, 5.74) is 2.08. The largest absolute Gasteiger partial charge is 0.381 e. The number of carbonyl (C=O) groups excluding carboxylic acids is 1. The number of pyridine rings is 1. The van der Waals surface area contributed by atoms with Gasteiger partial charge in [0, 0.05) is 43.4 Å². The first-order valence-corrected chi connectivity index (χ1v) is 12.1. The maximum absolute atomic E-state index is 14.8. The van der Waals surface area contributed by atoms with E-state index in [1.165, 1.54) is 17.0 Å². The highest BCUT2D eigenvalue weighted by atomic mass is 19.1. The maximum Gasteiger partial charge on any atom is 0.233 e. The zero-order valence-electron chi connectivity index (χ0n) is 19.0. The van der Waals surface area contributed by atoms with Crippen molar-refractivity contribution in [2.75, 3.05) is 26.3 Å². The molecule has 3 aromatic rings. The molecule has 1 atom stereocenters. The molecule has 0 spiro atoms. The van der Waals surface area contributed by atoms with Gasteiger partial charge >= 0.3 is 0 Å². The monoisotopic (exact) mass is 446 g/mol. The van der Waals surface area contributed by atoms with E-state index in [2.05, 4.69) is 29.2 Å². The number of rotatable bonds is 4. The van der Waals surface area contributed by atoms with Gasteiger partial charge in [-0.25, -0.2) is 4.39 Å². The van der Waals surface area contributed by atoms with Crippen molar-refractivity contribution in [1.29, 1.82) is 0 Å². The molecule has 0 N–H and O–H groups in total. The fourth-order valence-electron chi connectivity index (χ4n) is 5.69. The van der Waals surface area contributed by atoms with Crippen LogP contribution in [0.15, 0.2) is 60.8 Å². The van der Waals surface area contributed by atoms with E-state index in [1.54, 1.807) is 12.1 Å². The molecule has 2 aromatic carbocycles. The van der Waals surface area contributed by atoms with Crippen LogP contribution in [0, 0.1) is 11.7 Å². The van der Waals surface area contributed by atoms with E-state index in [-0.39, 0.29) is 11.7 Å². The minimum atomic E-state index is -0.816. The van der Waals surface area contributed by atoms with E-state index in [1.807, 2.05) is 23.2 Å². The zero-order chi connectivity index (χ0) is 22.7. The Balaban J connectivity index is 1.33. The third-order valence-electron chi connectivity index (χ3n) is 7.50. The number of amides is 1. The van der Waals surface area contributed by atoms with Gasteiger partial charge in [0.05, 0.1) is 10.9 Å². The Labute approximate surface area is 194 Å². The lowest BCUT2D eigenvalue weighted by molar-refractivity contribution is -0.141. The minimum Gasteiger partial charge on any atom is -0.381 e. The Hall–Kier alpha value is -2.79. The molecule has 3 heterocycles. The molecule has 0 saturated carbocycles. The van der Waals surface area contributed by atoms with Crippen LogP contribution in [0.5, 0.6) is 0 Å². The van der Waals surface area contributed by atoms with Gasteiger partial charge in [0.15, 0.2) is 0 Å². The van der Waals surface area contributed by atoms with Crippen LogP contribution in [0.4, 0.5) is 4.39 Å². The number of aromatic nitrogens is 1. The summed E-state index contributed by atoms with van der Waals surface area (Å²) in [4.78, 5) is 20.5. The molecular formula is C28H31FN2O2. The summed E-state index contributed by atoms with van der Waals surface area (Å²) >= 11 is 0. The highest BCUT2D eigenvalue weighted by Crippen LogP contribution is 2.39. The molecule has 2 saturated heterocycles. The van der Waals surface area contributed by atoms with Gasteiger partial charge in [-0.3, -0.25) is 9.78 Å². The summed E-state index contributed by atoms with van der Waals surface area (Å²) in [6.45, 7) is 2.44. The topological polar surface area (TPSA) is 42.4 Å². The van der Waals surface area contributed by atoms with Crippen molar-refractivity contribution in [3.05, 3.63) is 77.7 Å². The molecule has 0 bridgehead atoms. The number of carbonyl (C=O) groups is 1. The lowest BCUT2D eigenvalue weighted by Gasteiger charge is -2.40. The second-order valence-corrected chi connectivity index (χ2v) is 9.46. The number of nitrogens with zero attached hydrogens (tertiary/aromatic N) is 2. The van der Waals surface area contributed by atoms with Gasteiger partial charge in [-0.2, -0.15) is 0 Å². The van der Waals surface area contributed by atoms with Crippen LogP contribution in [-0.4, -0.2) is 42.1 Å². The first-order chi connectivity index (χ1) is 16.2. The Kier molecular flexibility index (Phi) is 6.41. The molecule has 2 fully saturated rings. The average molecular weight is 447 g/mol. The summed E-state index contributed by atoms with van der Waals surface area (Å²) in [6.07, 6.45) is 6.92. The lowest BCUT2D eigenvalue weighted by Crippen LogP contribution is -2.50. The van der Waals surface area contributed by atoms with Crippen LogP contribution in [0.3, 0.4) is 0 Å². The van der Waals surface area contributed by atoms with Gasteiger partial charge in [-0.05, 0) is 62.1 Å². The average Bonchev–Trinajstić information content (AvgIpc) is 3.10. The fraction of sp³-hybridized carbons (Fsp3) is 0.429. The number of para-hydroxylation sites is 1. The quantitative estimate of drug-likeness (QED) is 0.547. The smallest absolute Gasteiger partial charge is 0.233 e. The highest BCUT2D eigenvalue weighted by molar-refractivity contribution is 5.88. The molecule has 0 radical (unpaired) electrons. The molecule has 2 aliphatic rings. The number of likely N-dealkylation sites (tertiary alicyclic amines) is 1. The first kappa shape index (κ1) is 22.0. The molecule has 4 nitrogen and oxygen atoms in total. The van der Waals surface area contributed by atoms with Gasteiger partial charge in [-0.15, -0.1) is 0 Å². The van der Waals surface area contributed by atoms with Crippen LogP contribution in [0.25, 0.3) is 10.9 Å². The molecular weight excluding hydrogens is 415 g/mol. The van der Waals surface area contributed by atoms with Crippen molar-refractivity contribution in [2.45, 2.75) is 43.9 Å². The molecule has 172 valence electrons. The summed E-state index contributed by atoms with van der Waals surface area (Å²) in [5, 5.41) is 1.17. The lowest BCUT2D eigenvalue weighted by atomic mass is 9.72. The number of benzene rings is 2. The van der Waals surface area contributed by atoms with Crippen molar-refractivity contribution in [1.82, 2.24) is 9.88 Å². The summed E-state index contributed by atoms with van der Waals surface area (Å²) < 4.78 is 20.4. The molecule has 1 amide bonds. The SMILES string of the molecule is O=C(N1CCC[C@H](Cc2cccc3cccnc23)CC1)C1(c2ccccc2F)CCOCC1.